The molecule has 6 aromatic rings. The molecule has 5 aromatic carbocycles. The van der Waals surface area contributed by atoms with Crippen LogP contribution in [-0.2, 0) is 5.41 Å². The van der Waals surface area contributed by atoms with Gasteiger partial charge in [0.2, 0.25) is 0 Å². The fourth-order valence-corrected chi connectivity index (χ4v) is 8.64. The zero-order chi connectivity index (χ0) is 37.2. The van der Waals surface area contributed by atoms with Gasteiger partial charge in [0.05, 0.1) is 16.8 Å². The molecule has 0 aliphatic heterocycles. The maximum atomic E-state index is 5.12. The Bertz CT molecular complexity index is 2560. The van der Waals surface area contributed by atoms with Crippen LogP contribution in [0, 0.1) is 0 Å². The summed E-state index contributed by atoms with van der Waals surface area (Å²) < 4.78 is 0. The molecular formula is C53H42N2. The van der Waals surface area contributed by atoms with Crippen LogP contribution >= 0.6 is 0 Å². The van der Waals surface area contributed by atoms with Crippen LogP contribution in [0.25, 0.3) is 39.4 Å². The second-order valence-electron chi connectivity index (χ2n) is 14.5. The molecule has 0 saturated carbocycles. The number of allylic oxidation sites excluding steroid dienone is 12. The molecule has 1 aromatic heterocycles. The molecule has 0 saturated heterocycles. The molecule has 0 spiro atoms. The molecule has 2 heteroatoms. The van der Waals surface area contributed by atoms with Gasteiger partial charge in [0.1, 0.15) is 0 Å². The van der Waals surface area contributed by atoms with Crippen molar-refractivity contribution in [1.29, 1.82) is 0 Å². The second-order valence-corrected chi connectivity index (χ2v) is 14.5. The molecule has 3 aliphatic carbocycles. The normalized spacial score (nSPS) is 15.8. The summed E-state index contributed by atoms with van der Waals surface area (Å²) in [5, 5.41) is 0. The van der Waals surface area contributed by atoms with E-state index in [1.54, 1.807) is 0 Å². The Kier molecular flexibility index (Phi) is 9.09. The Balaban J connectivity index is 1.11. The van der Waals surface area contributed by atoms with Crippen molar-refractivity contribution < 1.29 is 0 Å². The van der Waals surface area contributed by atoms with Gasteiger partial charge in [0.15, 0.2) is 5.82 Å². The quantitative estimate of drug-likeness (QED) is 0.140. The van der Waals surface area contributed by atoms with Crippen LogP contribution < -0.4 is 0 Å². The minimum atomic E-state index is -0.420. The summed E-state index contributed by atoms with van der Waals surface area (Å²) in [7, 11) is 0. The zero-order valence-corrected chi connectivity index (χ0v) is 31.0. The number of hydrogen-bond donors (Lipinski definition) is 0. The van der Waals surface area contributed by atoms with E-state index < -0.39 is 5.41 Å². The Morgan fingerprint density at radius 3 is 2.04 bits per heavy atom. The lowest BCUT2D eigenvalue weighted by molar-refractivity contribution is 0.754. The average Bonchev–Trinajstić information content (AvgIpc) is 3.57. The first-order valence-corrected chi connectivity index (χ1v) is 19.2. The highest BCUT2D eigenvalue weighted by Gasteiger charge is 2.47. The highest BCUT2D eigenvalue weighted by Crippen LogP contribution is 2.57. The molecule has 0 fully saturated rings. The van der Waals surface area contributed by atoms with Gasteiger partial charge in [-0.3, -0.25) is 0 Å². The Hall–Kier alpha value is -6.64. The first-order chi connectivity index (χ1) is 27.1. The third kappa shape index (κ3) is 6.20. The molecule has 0 radical (unpaired) electrons. The lowest BCUT2D eigenvalue weighted by Crippen LogP contribution is -2.29. The summed E-state index contributed by atoms with van der Waals surface area (Å²) in [6, 6.07) is 51.9. The maximum absolute atomic E-state index is 5.12. The first-order valence-electron chi connectivity index (χ1n) is 19.2. The van der Waals surface area contributed by atoms with E-state index in [-0.39, 0.29) is 0 Å². The van der Waals surface area contributed by atoms with Gasteiger partial charge >= 0.3 is 0 Å². The predicted octanol–water partition coefficient (Wildman–Crippen LogP) is 13.2. The van der Waals surface area contributed by atoms with Crippen molar-refractivity contribution in [3.63, 3.8) is 0 Å². The van der Waals surface area contributed by atoms with Crippen molar-refractivity contribution >= 4 is 16.7 Å². The molecule has 264 valence electrons. The fraction of sp³-hybridized carbons (Fsp3) is 0.0943. The molecule has 0 bridgehead atoms. The smallest absolute Gasteiger partial charge is 0.160 e. The number of benzene rings is 5. The number of aromatic nitrogens is 2. The van der Waals surface area contributed by atoms with E-state index in [0.717, 1.165) is 70.5 Å². The molecule has 0 amide bonds. The summed E-state index contributed by atoms with van der Waals surface area (Å²) in [5.74, 6) is 0.703. The zero-order valence-electron chi connectivity index (χ0n) is 31.0. The monoisotopic (exact) mass is 706 g/mol. The summed E-state index contributed by atoms with van der Waals surface area (Å²) in [6.45, 7) is 8.95. The minimum Gasteiger partial charge on any atom is -0.228 e. The average molecular weight is 707 g/mol. The van der Waals surface area contributed by atoms with E-state index in [0.29, 0.717) is 5.82 Å². The van der Waals surface area contributed by atoms with Crippen molar-refractivity contribution in [3.05, 3.63) is 245 Å². The number of nitrogens with zero attached hydrogens (tertiary/aromatic N) is 2. The summed E-state index contributed by atoms with van der Waals surface area (Å²) >= 11 is 0. The van der Waals surface area contributed by atoms with Crippen molar-refractivity contribution in [1.82, 2.24) is 9.97 Å². The van der Waals surface area contributed by atoms with E-state index in [1.165, 1.54) is 39.0 Å². The first kappa shape index (κ1) is 34.1. The predicted molar refractivity (Wildman–Crippen MR) is 230 cm³/mol. The minimum absolute atomic E-state index is 0.420. The van der Waals surface area contributed by atoms with Crippen LogP contribution in [0.1, 0.15) is 59.2 Å². The third-order valence-corrected chi connectivity index (χ3v) is 11.3. The topological polar surface area (TPSA) is 25.8 Å². The molecule has 2 nitrogen and oxygen atoms in total. The van der Waals surface area contributed by atoms with Crippen molar-refractivity contribution in [2.45, 2.75) is 31.1 Å². The van der Waals surface area contributed by atoms with Crippen LogP contribution in [0.3, 0.4) is 0 Å². The Morgan fingerprint density at radius 1 is 0.655 bits per heavy atom. The molecule has 1 heterocycles. The number of hydrogen-bond acceptors (Lipinski definition) is 2. The summed E-state index contributed by atoms with van der Waals surface area (Å²) in [6.07, 6.45) is 17.2. The van der Waals surface area contributed by atoms with Crippen molar-refractivity contribution in [2.24, 2.45) is 0 Å². The van der Waals surface area contributed by atoms with Crippen LogP contribution in [-0.4, -0.2) is 9.97 Å². The highest BCUT2D eigenvalue weighted by atomic mass is 14.9. The number of rotatable bonds is 9. The van der Waals surface area contributed by atoms with Crippen molar-refractivity contribution in [3.8, 4) is 22.6 Å². The van der Waals surface area contributed by atoms with E-state index in [4.69, 9.17) is 9.97 Å². The Labute approximate surface area is 324 Å². The lowest BCUT2D eigenvalue weighted by atomic mass is 9.66. The van der Waals surface area contributed by atoms with E-state index >= 15 is 0 Å². The van der Waals surface area contributed by atoms with Gasteiger partial charge in [-0.1, -0.05) is 177 Å². The summed E-state index contributed by atoms with van der Waals surface area (Å²) in [5.41, 5.74) is 16.9. The fourth-order valence-electron chi connectivity index (χ4n) is 8.64. The number of fused-ring (bicyclic) bond motifs is 2. The lowest BCUT2D eigenvalue weighted by Gasteiger charge is -2.36. The third-order valence-electron chi connectivity index (χ3n) is 11.3. The van der Waals surface area contributed by atoms with Gasteiger partial charge in [0, 0.05) is 11.1 Å². The SMILES string of the molecule is C=C/C(=C\C(=C)C1=CC2=C(CC1)c1ccccc1C2(c1ccccc1)c1ccccc1)c1cccc(-c2nc(C3=CCCC=C3)cc(-c3ccccc3)n2)c1. The molecule has 0 atom stereocenters. The highest BCUT2D eigenvalue weighted by molar-refractivity contribution is 5.89. The van der Waals surface area contributed by atoms with E-state index in [1.807, 2.05) is 12.1 Å². The van der Waals surface area contributed by atoms with Gasteiger partial charge in [-0.25, -0.2) is 9.97 Å². The Morgan fingerprint density at radius 2 is 1.33 bits per heavy atom. The summed E-state index contributed by atoms with van der Waals surface area (Å²) in [4.78, 5) is 10.2. The molecule has 0 N–H and O–H groups in total. The largest absolute Gasteiger partial charge is 0.228 e. The van der Waals surface area contributed by atoms with Gasteiger partial charge in [0.25, 0.3) is 0 Å². The van der Waals surface area contributed by atoms with Crippen LogP contribution in [0.2, 0.25) is 0 Å². The maximum Gasteiger partial charge on any atom is 0.160 e. The van der Waals surface area contributed by atoms with E-state index in [2.05, 4.69) is 183 Å². The molecule has 3 aliphatic rings. The van der Waals surface area contributed by atoms with Gasteiger partial charge < -0.3 is 0 Å². The molecular weight excluding hydrogens is 665 g/mol. The van der Waals surface area contributed by atoms with Crippen LogP contribution in [0.4, 0.5) is 0 Å². The standard InChI is InChI=1S/C53H42N2/c1-3-38(42-23-18-24-43(34-42)52-54-50(39-19-8-4-9-20-39)36-51(55-52)40-21-10-5-11-22-40)33-37(2)41-31-32-47-46-29-16-17-30-48(46)53(49(47)35-41,44-25-12-6-13-26-44)45-27-14-7-15-28-45/h3-4,6-10,12-30,33-36H,1-2,5,11,31-32H2/b38-33+. The van der Waals surface area contributed by atoms with Crippen LogP contribution in [0.15, 0.2) is 212 Å². The second kappa shape index (κ2) is 14.6. The molecule has 9 rings (SSSR count). The van der Waals surface area contributed by atoms with Gasteiger partial charge in [-0.2, -0.15) is 0 Å². The van der Waals surface area contributed by atoms with Gasteiger partial charge in [-0.05, 0) is 105 Å². The molecule has 0 unspecified atom stereocenters. The van der Waals surface area contributed by atoms with Crippen LogP contribution in [0.5, 0.6) is 0 Å². The molecule has 55 heavy (non-hydrogen) atoms. The van der Waals surface area contributed by atoms with E-state index in [9.17, 15) is 0 Å². The van der Waals surface area contributed by atoms with Gasteiger partial charge in [-0.15, -0.1) is 0 Å². The van der Waals surface area contributed by atoms with Crippen molar-refractivity contribution in [2.75, 3.05) is 0 Å².